The second kappa shape index (κ2) is 4.26. The first-order valence-corrected chi connectivity index (χ1v) is 6.08. The number of halogens is 1. The second-order valence-electron chi connectivity index (χ2n) is 4.17. The van der Waals surface area contributed by atoms with Crippen molar-refractivity contribution < 1.29 is 9.47 Å². The summed E-state index contributed by atoms with van der Waals surface area (Å²) in [5, 5.41) is 0. The van der Waals surface area contributed by atoms with Crippen molar-refractivity contribution >= 4 is 15.9 Å². The molecule has 0 aliphatic heterocycles. The molecule has 0 spiro atoms. The van der Waals surface area contributed by atoms with Crippen LogP contribution >= 0.6 is 15.9 Å². The summed E-state index contributed by atoms with van der Waals surface area (Å²) in [6, 6.07) is 3.94. The van der Waals surface area contributed by atoms with Crippen molar-refractivity contribution in [1.82, 2.24) is 0 Å². The van der Waals surface area contributed by atoms with E-state index in [2.05, 4.69) is 15.9 Å². The number of nitrogens with two attached hydrogens (primary N) is 1. The molecular weight excluding hydrogens is 270 g/mol. The van der Waals surface area contributed by atoms with E-state index in [0.717, 1.165) is 34.4 Å². The van der Waals surface area contributed by atoms with Gasteiger partial charge in [0, 0.05) is 17.5 Å². The Morgan fingerprint density at radius 1 is 1.31 bits per heavy atom. The van der Waals surface area contributed by atoms with E-state index in [4.69, 9.17) is 15.2 Å². The lowest BCUT2D eigenvalue weighted by Crippen LogP contribution is -2.20. The van der Waals surface area contributed by atoms with Gasteiger partial charge in [0.25, 0.3) is 0 Å². The molecule has 3 nitrogen and oxygen atoms in total. The van der Waals surface area contributed by atoms with E-state index < -0.39 is 0 Å². The number of ether oxygens (including phenoxy) is 2. The molecule has 16 heavy (non-hydrogen) atoms. The Morgan fingerprint density at radius 3 is 2.44 bits per heavy atom. The minimum atomic E-state index is 0.0996. The Labute approximate surface area is 104 Å². The van der Waals surface area contributed by atoms with Crippen LogP contribution in [0.1, 0.15) is 18.4 Å². The maximum absolute atomic E-state index is 5.85. The van der Waals surface area contributed by atoms with Crippen LogP contribution in [0.4, 0.5) is 0 Å². The largest absolute Gasteiger partial charge is 0.497 e. The predicted octanol–water partition coefficient (Wildman–Crippen LogP) is 2.46. The molecule has 0 aromatic heterocycles. The monoisotopic (exact) mass is 285 g/mol. The van der Waals surface area contributed by atoms with E-state index in [1.165, 1.54) is 0 Å². The van der Waals surface area contributed by atoms with Crippen molar-refractivity contribution in [2.24, 2.45) is 5.73 Å². The summed E-state index contributed by atoms with van der Waals surface area (Å²) in [7, 11) is 3.35. The first-order chi connectivity index (χ1) is 7.66. The van der Waals surface area contributed by atoms with Crippen LogP contribution in [0.5, 0.6) is 11.5 Å². The molecule has 88 valence electrons. The van der Waals surface area contributed by atoms with Gasteiger partial charge in [0.1, 0.15) is 11.5 Å². The molecule has 2 rings (SSSR count). The summed E-state index contributed by atoms with van der Waals surface area (Å²) in [5.41, 5.74) is 7.11. The fraction of sp³-hybridized carbons (Fsp3) is 0.500. The number of hydrogen-bond acceptors (Lipinski definition) is 3. The van der Waals surface area contributed by atoms with Crippen LogP contribution in [0.15, 0.2) is 16.6 Å². The third-order valence-corrected chi connectivity index (χ3v) is 3.86. The van der Waals surface area contributed by atoms with Crippen molar-refractivity contribution in [2.75, 3.05) is 20.8 Å². The molecule has 4 heteroatoms. The maximum Gasteiger partial charge on any atom is 0.137 e. The van der Waals surface area contributed by atoms with Gasteiger partial charge in [-0.05, 0) is 40.9 Å². The van der Waals surface area contributed by atoms with Crippen LogP contribution in [-0.4, -0.2) is 20.8 Å². The Bertz CT molecular complexity index is 402. The highest BCUT2D eigenvalue weighted by Gasteiger charge is 2.45. The zero-order chi connectivity index (χ0) is 11.8. The first kappa shape index (κ1) is 11.7. The van der Waals surface area contributed by atoms with Gasteiger partial charge in [-0.3, -0.25) is 0 Å². The highest BCUT2D eigenvalue weighted by atomic mass is 79.9. The fourth-order valence-electron chi connectivity index (χ4n) is 2.02. The summed E-state index contributed by atoms with van der Waals surface area (Å²) in [5.74, 6) is 1.71. The maximum atomic E-state index is 5.85. The van der Waals surface area contributed by atoms with Crippen LogP contribution in [0.2, 0.25) is 0 Å². The topological polar surface area (TPSA) is 44.5 Å². The van der Waals surface area contributed by atoms with Gasteiger partial charge in [0.15, 0.2) is 0 Å². The lowest BCUT2D eigenvalue weighted by molar-refractivity contribution is 0.391. The van der Waals surface area contributed by atoms with E-state index in [1.807, 2.05) is 12.1 Å². The van der Waals surface area contributed by atoms with E-state index in [1.54, 1.807) is 14.2 Å². The summed E-state index contributed by atoms with van der Waals surface area (Å²) in [6.07, 6.45) is 2.25. The zero-order valence-electron chi connectivity index (χ0n) is 9.55. The number of hydrogen-bond donors (Lipinski definition) is 1. The van der Waals surface area contributed by atoms with Gasteiger partial charge in [-0.1, -0.05) is 0 Å². The molecule has 0 unspecified atom stereocenters. The Hall–Kier alpha value is -0.740. The van der Waals surface area contributed by atoms with Crippen LogP contribution < -0.4 is 15.2 Å². The Balaban J connectivity index is 2.53. The molecule has 0 saturated heterocycles. The number of benzene rings is 1. The molecule has 1 fully saturated rings. The lowest BCUT2D eigenvalue weighted by Gasteiger charge is -2.19. The number of methoxy groups -OCH3 is 2. The SMILES string of the molecule is COc1cc(Br)c(OC)c(C2(CN)CC2)c1. The third-order valence-electron chi connectivity index (χ3n) is 3.27. The molecule has 0 radical (unpaired) electrons. The van der Waals surface area contributed by atoms with Crippen LogP contribution in [0.3, 0.4) is 0 Å². The van der Waals surface area contributed by atoms with Gasteiger partial charge < -0.3 is 15.2 Å². The summed E-state index contributed by atoms with van der Waals surface area (Å²) in [6.45, 7) is 0.656. The average molecular weight is 286 g/mol. The smallest absolute Gasteiger partial charge is 0.137 e. The van der Waals surface area contributed by atoms with E-state index in [-0.39, 0.29) is 5.41 Å². The highest BCUT2D eigenvalue weighted by molar-refractivity contribution is 9.10. The third kappa shape index (κ3) is 1.80. The minimum absolute atomic E-state index is 0.0996. The molecule has 1 aliphatic carbocycles. The lowest BCUT2D eigenvalue weighted by atomic mass is 9.95. The van der Waals surface area contributed by atoms with Crippen molar-refractivity contribution in [2.45, 2.75) is 18.3 Å². The molecule has 2 N–H and O–H groups in total. The molecular formula is C12H16BrNO2. The van der Waals surface area contributed by atoms with Crippen LogP contribution in [0, 0.1) is 0 Å². The molecule has 1 saturated carbocycles. The molecule has 0 heterocycles. The molecule has 0 amide bonds. The quantitative estimate of drug-likeness (QED) is 0.924. The summed E-state index contributed by atoms with van der Waals surface area (Å²) in [4.78, 5) is 0. The van der Waals surface area contributed by atoms with Gasteiger partial charge >= 0.3 is 0 Å². The summed E-state index contributed by atoms with van der Waals surface area (Å²) < 4.78 is 11.6. The van der Waals surface area contributed by atoms with Gasteiger partial charge in [-0.25, -0.2) is 0 Å². The van der Waals surface area contributed by atoms with Crippen molar-refractivity contribution in [1.29, 1.82) is 0 Å². The molecule has 1 aromatic carbocycles. The van der Waals surface area contributed by atoms with E-state index in [9.17, 15) is 0 Å². The van der Waals surface area contributed by atoms with Crippen LogP contribution in [-0.2, 0) is 5.41 Å². The number of rotatable bonds is 4. The van der Waals surface area contributed by atoms with Crippen LogP contribution in [0.25, 0.3) is 0 Å². The second-order valence-corrected chi connectivity index (χ2v) is 5.03. The van der Waals surface area contributed by atoms with E-state index >= 15 is 0 Å². The fourth-order valence-corrected chi connectivity index (χ4v) is 2.62. The minimum Gasteiger partial charge on any atom is -0.497 e. The average Bonchev–Trinajstić information content (AvgIpc) is 3.08. The van der Waals surface area contributed by atoms with Gasteiger partial charge in [-0.15, -0.1) is 0 Å². The predicted molar refractivity (Wildman–Crippen MR) is 67.2 cm³/mol. The van der Waals surface area contributed by atoms with Gasteiger partial charge in [0.2, 0.25) is 0 Å². The molecule has 0 bridgehead atoms. The van der Waals surface area contributed by atoms with Crippen molar-refractivity contribution in [3.63, 3.8) is 0 Å². The molecule has 1 aromatic rings. The normalized spacial score (nSPS) is 17.0. The van der Waals surface area contributed by atoms with Gasteiger partial charge in [0.05, 0.1) is 18.7 Å². The molecule has 0 atom stereocenters. The summed E-state index contributed by atoms with van der Waals surface area (Å²) >= 11 is 3.50. The Kier molecular flexibility index (Phi) is 3.13. The zero-order valence-corrected chi connectivity index (χ0v) is 11.1. The standard InChI is InChI=1S/C12H16BrNO2/c1-15-8-5-9(12(7-14)3-4-12)11(16-2)10(13)6-8/h5-6H,3-4,7,14H2,1-2H3. The first-order valence-electron chi connectivity index (χ1n) is 5.29. The van der Waals surface area contributed by atoms with Crippen molar-refractivity contribution in [3.8, 4) is 11.5 Å². The Morgan fingerprint density at radius 2 is 2.00 bits per heavy atom. The van der Waals surface area contributed by atoms with Crippen molar-refractivity contribution in [3.05, 3.63) is 22.2 Å². The van der Waals surface area contributed by atoms with E-state index in [0.29, 0.717) is 6.54 Å². The highest BCUT2D eigenvalue weighted by Crippen LogP contribution is 2.53. The van der Waals surface area contributed by atoms with Gasteiger partial charge in [-0.2, -0.15) is 0 Å². The molecule has 1 aliphatic rings.